The lowest BCUT2D eigenvalue weighted by Crippen LogP contribution is -2.26. The van der Waals surface area contributed by atoms with Crippen molar-refractivity contribution in [1.29, 1.82) is 0 Å². The van der Waals surface area contributed by atoms with Crippen molar-refractivity contribution in [1.82, 2.24) is 0 Å². The summed E-state index contributed by atoms with van der Waals surface area (Å²) in [6, 6.07) is 18.0. The van der Waals surface area contributed by atoms with Crippen molar-refractivity contribution < 1.29 is 14.5 Å². The van der Waals surface area contributed by atoms with Crippen LogP contribution in [0.2, 0.25) is 0 Å². The van der Waals surface area contributed by atoms with Crippen LogP contribution >= 0.6 is 0 Å². The maximum absolute atomic E-state index is 11.4. The number of allylic oxidation sites excluding steroid dienone is 1. The normalized spacial score (nSPS) is 15.1. The largest absolute Gasteiger partial charge is 0.478 e. The number of carbonyl (C=O) groups is 1. The van der Waals surface area contributed by atoms with E-state index in [1.54, 1.807) is 12.1 Å². The van der Waals surface area contributed by atoms with Gasteiger partial charge in [0.05, 0.1) is 11.0 Å². The van der Waals surface area contributed by atoms with Crippen molar-refractivity contribution >= 4 is 39.9 Å². The van der Waals surface area contributed by atoms with Crippen LogP contribution in [0.1, 0.15) is 35.3 Å². The second-order valence-corrected chi connectivity index (χ2v) is 8.59. The SMILES string of the molecule is CN(C)c1ccc(C=CC2=[N+](C)c3ccc4cc(C(=O)O)ccc4c3C2(C)C)cc1. The lowest BCUT2D eigenvalue weighted by Gasteiger charge is -2.18. The Morgan fingerprint density at radius 2 is 1.70 bits per heavy atom. The highest BCUT2D eigenvalue weighted by Gasteiger charge is 2.44. The van der Waals surface area contributed by atoms with Crippen LogP contribution in [0, 0.1) is 0 Å². The van der Waals surface area contributed by atoms with Crippen LogP contribution in [0.5, 0.6) is 0 Å². The molecular weight excluding hydrogens is 372 g/mol. The summed E-state index contributed by atoms with van der Waals surface area (Å²) < 4.78 is 2.24. The van der Waals surface area contributed by atoms with Crippen molar-refractivity contribution in [3.8, 4) is 0 Å². The van der Waals surface area contributed by atoms with E-state index in [2.05, 4.69) is 72.9 Å². The number of hydrogen-bond donors (Lipinski definition) is 1. The van der Waals surface area contributed by atoms with Crippen LogP contribution in [-0.4, -0.2) is 42.5 Å². The second kappa shape index (κ2) is 7.13. The predicted molar refractivity (Wildman–Crippen MR) is 125 cm³/mol. The van der Waals surface area contributed by atoms with Crippen molar-refractivity contribution in [2.24, 2.45) is 0 Å². The Labute approximate surface area is 177 Å². The number of nitrogens with zero attached hydrogens (tertiary/aromatic N) is 2. The molecule has 0 amide bonds. The fraction of sp³-hybridized carbons (Fsp3) is 0.231. The van der Waals surface area contributed by atoms with Gasteiger partial charge in [-0.25, -0.2) is 4.79 Å². The zero-order chi connectivity index (χ0) is 21.6. The summed E-state index contributed by atoms with van der Waals surface area (Å²) in [5, 5.41) is 11.4. The molecule has 3 aromatic carbocycles. The molecule has 0 radical (unpaired) electrons. The molecule has 0 saturated heterocycles. The van der Waals surface area contributed by atoms with E-state index in [-0.39, 0.29) is 5.41 Å². The number of anilines is 1. The molecule has 4 nitrogen and oxygen atoms in total. The monoisotopic (exact) mass is 399 g/mol. The molecule has 0 bridgehead atoms. The van der Waals surface area contributed by atoms with Gasteiger partial charge in [0, 0.05) is 37.5 Å². The summed E-state index contributed by atoms with van der Waals surface area (Å²) >= 11 is 0. The smallest absolute Gasteiger partial charge is 0.335 e. The first-order valence-electron chi connectivity index (χ1n) is 10.1. The van der Waals surface area contributed by atoms with Crippen LogP contribution in [0.15, 0.2) is 60.7 Å². The number of aromatic carboxylic acids is 1. The van der Waals surface area contributed by atoms with Gasteiger partial charge in [0.25, 0.3) is 0 Å². The summed E-state index contributed by atoms with van der Waals surface area (Å²) in [5.41, 5.74) is 6.07. The van der Waals surface area contributed by atoms with E-state index in [0.29, 0.717) is 5.56 Å². The molecule has 0 fully saturated rings. The van der Waals surface area contributed by atoms with Gasteiger partial charge in [-0.2, -0.15) is 4.58 Å². The molecule has 0 atom stereocenters. The third kappa shape index (κ3) is 3.18. The van der Waals surface area contributed by atoms with Gasteiger partial charge in [0.15, 0.2) is 5.71 Å². The van der Waals surface area contributed by atoms with Crippen LogP contribution in [-0.2, 0) is 5.41 Å². The summed E-state index contributed by atoms with van der Waals surface area (Å²) in [5.74, 6) is -0.899. The number of carboxylic acids is 1. The highest BCUT2D eigenvalue weighted by Crippen LogP contribution is 2.43. The Bertz CT molecular complexity index is 1220. The molecule has 1 N–H and O–H groups in total. The Balaban J connectivity index is 1.75. The average Bonchev–Trinajstić information content (AvgIpc) is 2.91. The molecule has 3 aromatic rings. The van der Waals surface area contributed by atoms with E-state index in [9.17, 15) is 9.90 Å². The highest BCUT2D eigenvalue weighted by atomic mass is 16.4. The number of carboxylic acid groups (broad SMARTS) is 1. The molecule has 1 heterocycles. The van der Waals surface area contributed by atoms with Crippen LogP contribution in [0.3, 0.4) is 0 Å². The summed E-state index contributed by atoms with van der Waals surface area (Å²) in [6.07, 6.45) is 4.35. The Hall–Kier alpha value is -3.40. The van der Waals surface area contributed by atoms with Crippen LogP contribution in [0.4, 0.5) is 11.4 Å². The summed E-state index contributed by atoms with van der Waals surface area (Å²) in [6.45, 7) is 4.46. The molecule has 152 valence electrons. The lowest BCUT2D eigenvalue weighted by molar-refractivity contribution is -0.401. The molecule has 4 heteroatoms. The van der Waals surface area contributed by atoms with Gasteiger partial charge < -0.3 is 10.0 Å². The Kier molecular flexibility index (Phi) is 4.73. The second-order valence-electron chi connectivity index (χ2n) is 8.59. The molecule has 0 aliphatic carbocycles. The fourth-order valence-electron chi connectivity index (χ4n) is 4.44. The standard InChI is InChI=1S/C26H26N2O2/c1-26(2)23(15-8-17-6-11-20(12-7-17)27(3)4)28(5)22-14-10-18-16-19(25(29)30)9-13-21(18)24(22)26/h6-16H,1-5H3/p+1. The molecule has 0 spiro atoms. The van der Waals surface area contributed by atoms with Crippen molar-refractivity contribution in [2.45, 2.75) is 19.3 Å². The molecule has 0 saturated carbocycles. The van der Waals surface area contributed by atoms with E-state index in [1.807, 2.05) is 26.2 Å². The maximum atomic E-state index is 11.4. The maximum Gasteiger partial charge on any atom is 0.335 e. The average molecular weight is 400 g/mol. The molecular formula is C26H27N2O2+. The molecule has 0 aromatic heterocycles. The quantitative estimate of drug-likeness (QED) is 0.604. The highest BCUT2D eigenvalue weighted by molar-refractivity contribution is 6.09. The van der Waals surface area contributed by atoms with Gasteiger partial charge in [-0.15, -0.1) is 0 Å². The van der Waals surface area contributed by atoms with Crippen molar-refractivity contribution in [3.63, 3.8) is 0 Å². The van der Waals surface area contributed by atoms with Crippen molar-refractivity contribution in [2.75, 3.05) is 26.0 Å². The van der Waals surface area contributed by atoms with Gasteiger partial charge in [0.2, 0.25) is 5.69 Å². The van der Waals surface area contributed by atoms with E-state index >= 15 is 0 Å². The lowest BCUT2D eigenvalue weighted by atomic mass is 9.78. The summed E-state index contributed by atoms with van der Waals surface area (Å²) in [4.78, 5) is 13.5. The molecule has 1 aliphatic rings. The topological polar surface area (TPSA) is 43.5 Å². The van der Waals surface area contributed by atoms with Gasteiger partial charge in [-0.3, -0.25) is 0 Å². The van der Waals surface area contributed by atoms with E-state index in [4.69, 9.17) is 0 Å². The Morgan fingerprint density at radius 1 is 1.00 bits per heavy atom. The van der Waals surface area contributed by atoms with Gasteiger partial charge >= 0.3 is 5.97 Å². The minimum atomic E-state index is -0.899. The third-order valence-electron chi connectivity index (χ3n) is 6.08. The van der Waals surface area contributed by atoms with Crippen LogP contribution < -0.4 is 4.90 Å². The van der Waals surface area contributed by atoms with Gasteiger partial charge in [-0.05, 0) is 66.6 Å². The molecule has 1 aliphatic heterocycles. The van der Waals surface area contributed by atoms with E-state index in [0.717, 1.165) is 22.0 Å². The Morgan fingerprint density at radius 3 is 2.33 bits per heavy atom. The first kappa shape index (κ1) is 19.9. The van der Waals surface area contributed by atoms with E-state index < -0.39 is 5.97 Å². The van der Waals surface area contributed by atoms with E-state index in [1.165, 1.54) is 17.0 Å². The molecule has 0 unspecified atom stereocenters. The number of fused-ring (bicyclic) bond motifs is 3. The zero-order valence-electron chi connectivity index (χ0n) is 18.1. The first-order valence-corrected chi connectivity index (χ1v) is 10.1. The number of hydrogen-bond acceptors (Lipinski definition) is 2. The molecule has 30 heavy (non-hydrogen) atoms. The number of rotatable bonds is 4. The fourth-order valence-corrected chi connectivity index (χ4v) is 4.44. The van der Waals surface area contributed by atoms with Crippen molar-refractivity contribution in [3.05, 3.63) is 77.4 Å². The van der Waals surface area contributed by atoms with Crippen LogP contribution in [0.25, 0.3) is 16.8 Å². The summed E-state index contributed by atoms with van der Waals surface area (Å²) in [7, 11) is 6.18. The minimum Gasteiger partial charge on any atom is -0.478 e. The first-order chi connectivity index (χ1) is 14.2. The van der Waals surface area contributed by atoms with Gasteiger partial charge in [0.1, 0.15) is 7.05 Å². The zero-order valence-corrected chi connectivity index (χ0v) is 18.1. The predicted octanol–water partition coefficient (Wildman–Crippen LogP) is 5.32. The molecule has 4 rings (SSSR count). The number of benzene rings is 3. The van der Waals surface area contributed by atoms with Gasteiger partial charge in [-0.1, -0.05) is 18.2 Å². The third-order valence-corrected chi connectivity index (χ3v) is 6.08. The minimum absolute atomic E-state index is 0.200.